The Morgan fingerprint density at radius 1 is 0.762 bits per heavy atom. The summed E-state index contributed by atoms with van der Waals surface area (Å²) in [5.41, 5.74) is 2.62. The first kappa shape index (κ1) is 12.8. The quantitative estimate of drug-likeness (QED) is 0.609. The lowest BCUT2D eigenvalue weighted by atomic mass is 9.93. The molecule has 0 heterocycles. The van der Waals surface area contributed by atoms with Gasteiger partial charge in [-0.15, -0.1) is 0 Å². The average Bonchev–Trinajstić information content (AvgIpc) is 2.55. The molecule has 0 saturated carbocycles. The van der Waals surface area contributed by atoms with Crippen LogP contribution in [0.3, 0.4) is 0 Å². The summed E-state index contributed by atoms with van der Waals surface area (Å²) in [6, 6.07) is 19.6. The average molecular weight is 335 g/mol. The maximum atomic E-state index is 3.52. The van der Waals surface area contributed by atoms with Gasteiger partial charge < -0.3 is 0 Å². The molecule has 3 aromatic carbocycles. The highest BCUT2D eigenvalue weighted by Gasteiger charge is 2.07. The molecule has 1 heteroatoms. The minimum atomic E-state index is 1.12. The van der Waals surface area contributed by atoms with Crippen molar-refractivity contribution in [2.75, 3.05) is 0 Å². The molecule has 0 radical (unpaired) electrons. The van der Waals surface area contributed by atoms with E-state index >= 15 is 0 Å². The van der Waals surface area contributed by atoms with Crippen LogP contribution in [-0.4, -0.2) is 0 Å². The standard InChI is InChI=1S/C20H15Br/c21-16-11-9-14(10-12-16)20-13-15-5-1-2-6-17(15)18-7-3-4-8-19(18)20/h1-2,5-13H,3-4H2. The highest BCUT2D eigenvalue weighted by molar-refractivity contribution is 9.10. The van der Waals surface area contributed by atoms with Crippen molar-refractivity contribution in [3.8, 4) is 11.1 Å². The molecule has 1 aliphatic carbocycles. The van der Waals surface area contributed by atoms with Crippen molar-refractivity contribution >= 4 is 38.9 Å². The Hall–Kier alpha value is -1.86. The summed E-state index contributed by atoms with van der Waals surface area (Å²) in [5.74, 6) is 0. The van der Waals surface area contributed by atoms with Crippen molar-refractivity contribution in [1.29, 1.82) is 0 Å². The van der Waals surface area contributed by atoms with Crippen molar-refractivity contribution in [2.24, 2.45) is 0 Å². The lowest BCUT2D eigenvalue weighted by molar-refractivity contribution is 1.12. The van der Waals surface area contributed by atoms with Gasteiger partial charge in [0.1, 0.15) is 0 Å². The van der Waals surface area contributed by atoms with Gasteiger partial charge in [-0.2, -0.15) is 0 Å². The third-order valence-corrected chi connectivity index (χ3v) is 4.68. The summed E-state index contributed by atoms with van der Waals surface area (Å²) >= 11 is 3.52. The summed E-state index contributed by atoms with van der Waals surface area (Å²) in [6.45, 7) is 0. The van der Waals surface area contributed by atoms with Crippen LogP contribution in [-0.2, 0) is 0 Å². The van der Waals surface area contributed by atoms with E-state index in [2.05, 4.69) is 82.7 Å². The summed E-state index contributed by atoms with van der Waals surface area (Å²) in [7, 11) is 0. The molecule has 4 rings (SSSR count). The number of halogens is 1. The second-order valence-electron chi connectivity index (χ2n) is 5.47. The SMILES string of the molecule is Brc1ccc(-c2cc3ccccc3c3c2=CCCC=3)cc1. The number of rotatable bonds is 1. The highest BCUT2D eigenvalue weighted by Crippen LogP contribution is 2.22. The highest BCUT2D eigenvalue weighted by atomic mass is 79.9. The van der Waals surface area contributed by atoms with Crippen molar-refractivity contribution in [2.45, 2.75) is 12.8 Å². The molecule has 102 valence electrons. The van der Waals surface area contributed by atoms with Gasteiger partial charge >= 0.3 is 0 Å². The van der Waals surface area contributed by atoms with Crippen LogP contribution in [0.15, 0.2) is 59.1 Å². The molecule has 0 spiro atoms. The van der Waals surface area contributed by atoms with Gasteiger partial charge in [0.2, 0.25) is 0 Å². The van der Waals surface area contributed by atoms with Crippen molar-refractivity contribution in [3.63, 3.8) is 0 Å². The molecule has 0 bridgehead atoms. The molecular weight excluding hydrogens is 320 g/mol. The molecule has 0 unspecified atom stereocenters. The van der Waals surface area contributed by atoms with E-state index in [1.807, 2.05) is 0 Å². The predicted molar refractivity (Wildman–Crippen MR) is 94.5 cm³/mol. The summed E-state index contributed by atoms with van der Waals surface area (Å²) < 4.78 is 1.12. The van der Waals surface area contributed by atoms with Gasteiger partial charge in [0, 0.05) is 4.47 Å². The number of hydrogen-bond acceptors (Lipinski definition) is 0. The second-order valence-corrected chi connectivity index (χ2v) is 6.38. The van der Waals surface area contributed by atoms with Gasteiger partial charge in [0.05, 0.1) is 0 Å². The van der Waals surface area contributed by atoms with Crippen LogP contribution in [0.4, 0.5) is 0 Å². The van der Waals surface area contributed by atoms with Crippen molar-refractivity contribution in [3.05, 3.63) is 69.5 Å². The summed E-state index contributed by atoms with van der Waals surface area (Å²) in [5, 5.41) is 5.48. The van der Waals surface area contributed by atoms with Crippen LogP contribution >= 0.6 is 15.9 Å². The number of hydrogen-bond donors (Lipinski definition) is 0. The lowest BCUT2D eigenvalue weighted by Crippen LogP contribution is -2.29. The van der Waals surface area contributed by atoms with E-state index in [9.17, 15) is 0 Å². The normalized spacial score (nSPS) is 13.4. The Labute approximate surface area is 132 Å². The van der Waals surface area contributed by atoms with Gasteiger partial charge in [-0.3, -0.25) is 0 Å². The van der Waals surface area contributed by atoms with Crippen LogP contribution in [0.5, 0.6) is 0 Å². The van der Waals surface area contributed by atoms with E-state index in [1.165, 1.54) is 32.3 Å². The molecule has 0 fully saturated rings. The Morgan fingerprint density at radius 3 is 2.29 bits per heavy atom. The zero-order valence-electron chi connectivity index (χ0n) is 11.6. The first-order chi connectivity index (χ1) is 10.3. The molecule has 0 saturated heterocycles. The molecule has 0 amide bonds. The van der Waals surface area contributed by atoms with Gasteiger partial charge in [-0.1, -0.05) is 64.5 Å². The van der Waals surface area contributed by atoms with Crippen LogP contribution in [0.25, 0.3) is 34.1 Å². The van der Waals surface area contributed by atoms with E-state index in [0.717, 1.165) is 17.3 Å². The third-order valence-electron chi connectivity index (χ3n) is 4.15. The minimum absolute atomic E-state index is 1.12. The zero-order valence-corrected chi connectivity index (χ0v) is 13.2. The predicted octanol–water partition coefficient (Wildman–Crippen LogP) is 4.62. The van der Waals surface area contributed by atoms with E-state index in [-0.39, 0.29) is 0 Å². The minimum Gasteiger partial charge on any atom is -0.0757 e. The van der Waals surface area contributed by atoms with Crippen LogP contribution < -0.4 is 10.4 Å². The molecule has 21 heavy (non-hydrogen) atoms. The molecular formula is C20H15Br. The molecule has 0 atom stereocenters. The maximum absolute atomic E-state index is 3.52. The topological polar surface area (TPSA) is 0 Å². The smallest absolute Gasteiger partial charge is 0.0175 e. The van der Waals surface area contributed by atoms with Crippen molar-refractivity contribution in [1.82, 2.24) is 0 Å². The molecule has 0 aliphatic heterocycles. The van der Waals surface area contributed by atoms with E-state index in [0.29, 0.717) is 0 Å². The monoisotopic (exact) mass is 334 g/mol. The fraction of sp³-hybridized carbons (Fsp3) is 0.100. The molecule has 1 aliphatic rings. The fourth-order valence-electron chi connectivity index (χ4n) is 3.16. The second kappa shape index (κ2) is 5.16. The van der Waals surface area contributed by atoms with Gasteiger partial charge in [-0.05, 0) is 63.4 Å². The van der Waals surface area contributed by atoms with Gasteiger partial charge in [0.25, 0.3) is 0 Å². The third kappa shape index (κ3) is 2.22. The van der Waals surface area contributed by atoms with Crippen LogP contribution in [0.1, 0.15) is 12.8 Å². The maximum Gasteiger partial charge on any atom is 0.0175 e. The first-order valence-electron chi connectivity index (χ1n) is 7.31. The Bertz CT molecular complexity index is 934. The number of fused-ring (bicyclic) bond motifs is 3. The van der Waals surface area contributed by atoms with Gasteiger partial charge in [-0.25, -0.2) is 0 Å². The Balaban J connectivity index is 2.13. The van der Waals surface area contributed by atoms with Crippen LogP contribution in [0.2, 0.25) is 0 Å². The van der Waals surface area contributed by atoms with Gasteiger partial charge in [0.15, 0.2) is 0 Å². The number of benzene rings is 3. The van der Waals surface area contributed by atoms with Crippen molar-refractivity contribution < 1.29 is 0 Å². The lowest BCUT2D eigenvalue weighted by Gasteiger charge is -2.11. The van der Waals surface area contributed by atoms with E-state index in [4.69, 9.17) is 0 Å². The first-order valence-corrected chi connectivity index (χ1v) is 8.10. The summed E-state index contributed by atoms with van der Waals surface area (Å²) in [4.78, 5) is 0. The molecule has 0 aromatic heterocycles. The molecule has 3 aromatic rings. The summed E-state index contributed by atoms with van der Waals surface area (Å²) in [6.07, 6.45) is 7.05. The van der Waals surface area contributed by atoms with Crippen LogP contribution in [0, 0.1) is 0 Å². The molecule has 0 nitrogen and oxygen atoms in total. The Morgan fingerprint density at radius 2 is 1.48 bits per heavy atom. The largest absolute Gasteiger partial charge is 0.0757 e. The van der Waals surface area contributed by atoms with E-state index in [1.54, 1.807) is 0 Å². The fourth-order valence-corrected chi connectivity index (χ4v) is 3.42. The zero-order chi connectivity index (χ0) is 14.2. The Kier molecular flexibility index (Phi) is 3.16. The molecule has 0 N–H and O–H groups in total. The van der Waals surface area contributed by atoms with E-state index < -0.39 is 0 Å².